The summed E-state index contributed by atoms with van der Waals surface area (Å²) in [5.41, 5.74) is 22.9. The molecule has 15 heteroatoms. The van der Waals surface area contributed by atoms with Gasteiger partial charge in [0.2, 0.25) is 11.7 Å². The predicted molar refractivity (Wildman–Crippen MR) is 230 cm³/mol. The third-order valence-corrected chi connectivity index (χ3v) is 14.1. The van der Waals surface area contributed by atoms with Crippen molar-refractivity contribution in [2.45, 2.75) is 125 Å². The molecule has 16 N–H and O–H groups in total. The van der Waals surface area contributed by atoms with E-state index in [9.17, 15) is 0 Å². The highest BCUT2D eigenvalue weighted by Crippen LogP contribution is 2.39. The Kier molecular flexibility index (Phi) is 38.4. The van der Waals surface area contributed by atoms with Crippen LogP contribution >= 0.6 is 47.0 Å². The molecule has 302 valence electrons. The van der Waals surface area contributed by atoms with Crippen molar-refractivity contribution in [3.63, 3.8) is 0 Å². The zero-order valence-electron chi connectivity index (χ0n) is 32.7. The van der Waals surface area contributed by atoms with Crippen molar-refractivity contribution >= 4 is 70.5 Å². The number of methoxy groups -OCH3 is 2. The second-order valence-electron chi connectivity index (χ2n) is 13.0. The van der Waals surface area contributed by atoms with E-state index in [4.69, 9.17) is 43.2 Å². The van der Waals surface area contributed by atoms with E-state index in [0.717, 1.165) is 128 Å². The number of unbranched alkanes of at least 4 members (excludes halogenated alkanes) is 6. The lowest BCUT2D eigenvalue weighted by atomic mass is 9.87. The van der Waals surface area contributed by atoms with E-state index in [2.05, 4.69) is 34.9 Å². The number of nitrogens with two attached hydrogens (primary N) is 6. The van der Waals surface area contributed by atoms with E-state index < -0.39 is 0 Å². The van der Waals surface area contributed by atoms with E-state index in [1.807, 2.05) is 35.3 Å². The molecule has 2 saturated carbocycles. The van der Waals surface area contributed by atoms with Crippen LogP contribution in [0, 0.1) is 5.92 Å². The van der Waals surface area contributed by atoms with Crippen LogP contribution in [-0.4, -0.2) is 114 Å². The second kappa shape index (κ2) is 37.5. The molecule has 11 nitrogen and oxygen atoms in total. The Morgan fingerprint density at radius 3 is 1.33 bits per heavy atom. The van der Waals surface area contributed by atoms with Crippen LogP contribution in [0.2, 0.25) is 0 Å². The maximum atomic E-state index is 6.06. The van der Waals surface area contributed by atoms with Crippen molar-refractivity contribution in [3.05, 3.63) is 0 Å². The molecule has 0 aliphatic heterocycles. The van der Waals surface area contributed by atoms with Gasteiger partial charge in [-0.2, -0.15) is 47.0 Å². The van der Waals surface area contributed by atoms with Gasteiger partial charge < -0.3 is 26.4 Å². The first kappa shape index (κ1) is 52.3. The van der Waals surface area contributed by atoms with Gasteiger partial charge >= 0.3 is 11.8 Å². The molecule has 0 radical (unpaired) electrons. The molecule has 0 spiro atoms. The minimum absolute atomic E-state index is 0. The SMILES string of the molecule is COC(=[NH2+])CCCCCCC(=[NH2+])OC.CSCC[NH+]=C(N)CCCCCCC(N)=[NH+]CCSC1CCC1C.NCCSC1CCC1SCCN.O. The molecule has 0 bridgehead atoms. The Morgan fingerprint density at radius 1 is 0.608 bits per heavy atom. The van der Waals surface area contributed by atoms with Crippen molar-refractivity contribution < 1.29 is 35.8 Å². The number of amidine groups is 2. The van der Waals surface area contributed by atoms with Crippen molar-refractivity contribution in [3.8, 4) is 0 Å². The molecule has 2 aliphatic carbocycles. The molecular weight excluding hydrogens is 721 g/mol. The van der Waals surface area contributed by atoms with Gasteiger partial charge in [0.25, 0.3) is 0 Å². The van der Waals surface area contributed by atoms with Crippen LogP contribution < -0.4 is 43.7 Å². The summed E-state index contributed by atoms with van der Waals surface area (Å²) < 4.78 is 9.73. The molecule has 4 unspecified atom stereocenters. The van der Waals surface area contributed by atoms with Gasteiger partial charge in [0.05, 0.1) is 40.2 Å². The van der Waals surface area contributed by atoms with Crippen molar-refractivity contribution in [2.75, 3.05) is 69.7 Å². The lowest BCUT2D eigenvalue weighted by molar-refractivity contribution is -0.453. The average molecular weight is 801 g/mol. The highest BCUT2D eigenvalue weighted by Gasteiger charge is 2.30. The third-order valence-electron chi connectivity index (χ3n) is 8.80. The highest BCUT2D eigenvalue weighted by molar-refractivity contribution is 8.04. The molecule has 51 heavy (non-hydrogen) atoms. The molecular formula is C36H80N8O3S4+4. The molecule has 0 aromatic carbocycles. The first-order valence-corrected chi connectivity index (χ1v) is 23.5. The minimum Gasteiger partial charge on any atom is -0.451 e. The van der Waals surface area contributed by atoms with Gasteiger partial charge in [0.1, 0.15) is 0 Å². The van der Waals surface area contributed by atoms with E-state index in [0.29, 0.717) is 11.8 Å². The van der Waals surface area contributed by atoms with E-state index in [-0.39, 0.29) is 5.48 Å². The van der Waals surface area contributed by atoms with E-state index in [1.54, 1.807) is 14.2 Å². The summed E-state index contributed by atoms with van der Waals surface area (Å²) in [6.45, 7) is 5.97. The Hall–Kier alpha value is -0.840. The Morgan fingerprint density at radius 2 is 1.00 bits per heavy atom. The largest absolute Gasteiger partial charge is 0.451 e. The van der Waals surface area contributed by atoms with Gasteiger partial charge in [0, 0.05) is 64.7 Å². The van der Waals surface area contributed by atoms with Gasteiger partial charge in [0.15, 0.2) is 0 Å². The standard InChI is InChI=1S/C18H36N4S2.C10H20N2O2.C8H18N2S2.H2O/c1-15-9-10-16(15)24-14-12-22-18(20)8-6-4-3-5-7-17(19)21-11-13-23-2;1-13-9(11)7-5-3-4-6-8-10(12)14-2;9-3-5-11-7-1-2-8(7)12-6-4-10;/h15-16H,3-14H2,1-2H3,(H2,19,21)(H2,20,22);11-12H,3-8H2,1-2H3;7-8H,1-6,9-10H2;1H2/p+4. The average Bonchev–Trinajstić information content (AvgIpc) is 3.10. The zero-order chi connectivity index (χ0) is 37.2. The molecule has 0 amide bonds. The van der Waals surface area contributed by atoms with Crippen LogP contribution in [0.5, 0.6) is 0 Å². The molecule has 4 atom stereocenters. The molecule has 2 rings (SSSR count). The molecule has 0 aromatic heterocycles. The fourth-order valence-electron chi connectivity index (χ4n) is 5.20. The summed E-state index contributed by atoms with van der Waals surface area (Å²) in [4.78, 5) is 6.65. The zero-order valence-corrected chi connectivity index (χ0v) is 36.0. The number of rotatable bonds is 27. The van der Waals surface area contributed by atoms with Gasteiger partial charge in [-0.1, -0.05) is 32.6 Å². The number of hydrogen-bond acceptors (Lipinski definition) is 8. The molecule has 2 fully saturated rings. The Bertz CT molecular complexity index is 871. The fraction of sp³-hybridized carbons (Fsp3) is 0.889. The lowest BCUT2D eigenvalue weighted by Gasteiger charge is -2.35. The monoisotopic (exact) mass is 801 g/mol. The van der Waals surface area contributed by atoms with Crippen LogP contribution in [0.15, 0.2) is 0 Å². The third kappa shape index (κ3) is 31.2. The predicted octanol–water partition coefficient (Wildman–Crippen LogP) is -0.891. The van der Waals surface area contributed by atoms with E-state index in [1.165, 1.54) is 57.1 Å². The summed E-state index contributed by atoms with van der Waals surface area (Å²) in [6, 6.07) is 0. The maximum absolute atomic E-state index is 6.06. The Balaban J connectivity index is 0. The van der Waals surface area contributed by atoms with Crippen LogP contribution in [0.4, 0.5) is 0 Å². The topological polar surface area (TPSA) is 233 Å². The molecule has 0 saturated heterocycles. The van der Waals surface area contributed by atoms with Crippen molar-refractivity contribution in [1.82, 2.24) is 0 Å². The summed E-state index contributed by atoms with van der Waals surface area (Å²) in [5, 5.41) is 13.6. The van der Waals surface area contributed by atoms with Crippen LogP contribution in [0.25, 0.3) is 0 Å². The summed E-state index contributed by atoms with van der Waals surface area (Å²) in [6.07, 6.45) is 20.6. The number of thioether (sulfide) groups is 4. The van der Waals surface area contributed by atoms with Crippen molar-refractivity contribution in [1.29, 1.82) is 0 Å². The highest BCUT2D eigenvalue weighted by atomic mass is 32.2. The first-order chi connectivity index (χ1) is 24.2. The summed E-state index contributed by atoms with van der Waals surface area (Å²) in [7, 11) is 3.20. The van der Waals surface area contributed by atoms with Crippen molar-refractivity contribution in [2.24, 2.45) is 28.9 Å². The lowest BCUT2D eigenvalue weighted by Crippen LogP contribution is -2.76. The van der Waals surface area contributed by atoms with Gasteiger partial charge in [-0.15, -0.1) is 0 Å². The fourth-order valence-corrected chi connectivity index (χ4v) is 9.45. The van der Waals surface area contributed by atoms with Gasteiger partial charge in [-0.25, -0.2) is 10.8 Å². The van der Waals surface area contributed by atoms with Gasteiger partial charge in [-0.05, 0) is 63.5 Å². The number of hydrogen-bond donors (Lipinski definition) is 8. The summed E-state index contributed by atoms with van der Waals surface area (Å²) in [5.74, 6) is 8.57. The van der Waals surface area contributed by atoms with Crippen LogP contribution in [0.3, 0.4) is 0 Å². The van der Waals surface area contributed by atoms with Crippen LogP contribution in [-0.2, 0) is 9.47 Å². The first-order valence-electron chi connectivity index (χ1n) is 19.0. The summed E-state index contributed by atoms with van der Waals surface area (Å²) >= 11 is 8.02. The molecule has 0 heterocycles. The molecule has 0 aromatic rings. The maximum Gasteiger partial charge on any atom is 0.332 e. The number of nitrogens with one attached hydrogen (secondary N) is 2. The van der Waals surface area contributed by atoms with Gasteiger partial charge in [-0.3, -0.25) is 21.5 Å². The quantitative estimate of drug-likeness (QED) is 0.0290. The van der Waals surface area contributed by atoms with E-state index >= 15 is 0 Å². The normalized spacial score (nSPS) is 19.6. The molecule has 2 aliphatic rings. The minimum atomic E-state index is 0. The smallest absolute Gasteiger partial charge is 0.332 e. The van der Waals surface area contributed by atoms with Crippen LogP contribution in [0.1, 0.15) is 110 Å². The Labute approximate surface area is 328 Å². The second-order valence-corrected chi connectivity index (χ2v) is 18.0. The number of ether oxygens (including phenoxy) is 2.